The first kappa shape index (κ1) is 14.6. The van der Waals surface area contributed by atoms with Gasteiger partial charge < -0.3 is 10.1 Å². The van der Waals surface area contributed by atoms with Crippen LogP contribution in [0, 0.1) is 5.82 Å². The highest BCUT2D eigenvalue weighted by Crippen LogP contribution is 2.15. The minimum atomic E-state index is -0.299. The van der Waals surface area contributed by atoms with E-state index in [0.717, 1.165) is 12.8 Å². The van der Waals surface area contributed by atoms with Crippen molar-refractivity contribution in [2.45, 2.75) is 32.7 Å². The monoisotopic (exact) mass is 253 g/mol. The third-order valence-corrected chi connectivity index (χ3v) is 2.69. The lowest BCUT2D eigenvalue weighted by molar-refractivity contribution is -0.142. The van der Waals surface area contributed by atoms with Crippen molar-refractivity contribution in [1.29, 1.82) is 0 Å². The second kappa shape index (κ2) is 7.82. The van der Waals surface area contributed by atoms with Gasteiger partial charge in [0.15, 0.2) is 0 Å². The molecule has 0 aromatic heterocycles. The highest BCUT2D eigenvalue weighted by molar-refractivity contribution is 5.71. The summed E-state index contributed by atoms with van der Waals surface area (Å²) in [5.41, 5.74) is 0.554. The van der Waals surface area contributed by atoms with E-state index in [1.807, 2.05) is 13.8 Å². The van der Waals surface area contributed by atoms with E-state index in [-0.39, 0.29) is 24.4 Å². The average molecular weight is 253 g/mol. The third kappa shape index (κ3) is 4.84. The maximum atomic E-state index is 13.5. The Labute approximate surface area is 107 Å². The minimum Gasteiger partial charge on any atom is -0.465 e. The van der Waals surface area contributed by atoms with E-state index in [2.05, 4.69) is 5.32 Å². The maximum Gasteiger partial charge on any atom is 0.319 e. The molecule has 0 heterocycles. The van der Waals surface area contributed by atoms with Gasteiger partial charge in [-0.2, -0.15) is 0 Å². The fourth-order valence-corrected chi connectivity index (χ4v) is 1.55. The molecule has 4 heteroatoms. The molecule has 100 valence electrons. The zero-order chi connectivity index (χ0) is 13.4. The van der Waals surface area contributed by atoms with Gasteiger partial charge in [0.2, 0.25) is 0 Å². The molecule has 0 aliphatic heterocycles. The molecule has 0 aliphatic carbocycles. The van der Waals surface area contributed by atoms with Gasteiger partial charge >= 0.3 is 5.97 Å². The molecule has 1 atom stereocenters. The van der Waals surface area contributed by atoms with Gasteiger partial charge in [0.1, 0.15) is 5.82 Å². The number of ether oxygens (including phenoxy) is 1. The van der Waals surface area contributed by atoms with Gasteiger partial charge in [-0.05, 0) is 19.4 Å². The largest absolute Gasteiger partial charge is 0.465 e. The molecule has 0 radical (unpaired) electrons. The van der Waals surface area contributed by atoms with Crippen LogP contribution >= 0.6 is 0 Å². The summed E-state index contributed by atoms with van der Waals surface area (Å²) in [4.78, 5) is 11.4. The van der Waals surface area contributed by atoms with Crippen LogP contribution in [0.2, 0.25) is 0 Å². The summed E-state index contributed by atoms with van der Waals surface area (Å²) in [5, 5.41) is 2.95. The fourth-order valence-electron chi connectivity index (χ4n) is 1.55. The van der Waals surface area contributed by atoms with Crippen LogP contribution in [0.25, 0.3) is 0 Å². The van der Waals surface area contributed by atoms with Crippen molar-refractivity contribution in [2.24, 2.45) is 0 Å². The molecular weight excluding hydrogens is 233 g/mol. The minimum absolute atomic E-state index is 0.0964. The van der Waals surface area contributed by atoms with E-state index >= 15 is 0 Å². The molecule has 18 heavy (non-hydrogen) atoms. The Balaban J connectivity index is 2.35. The van der Waals surface area contributed by atoms with Crippen molar-refractivity contribution >= 4 is 5.97 Å². The number of halogens is 1. The molecule has 0 aliphatic rings. The number of hydrogen-bond donors (Lipinski definition) is 1. The lowest BCUT2D eigenvalue weighted by Crippen LogP contribution is -2.28. The number of benzene rings is 1. The van der Waals surface area contributed by atoms with Gasteiger partial charge in [0.25, 0.3) is 0 Å². The van der Waals surface area contributed by atoms with Gasteiger partial charge in [-0.25, -0.2) is 4.39 Å². The molecule has 1 N–H and O–H groups in total. The van der Waals surface area contributed by atoms with Gasteiger partial charge in [-0.3, -0.25) is 4.79 Å². The summed E-state index contributed by atoms with van der Waals surface area (Å²) in [6.45, 7) is 4.40. The van der Waals surface area contributed by atoms with Gasteiger partial charge in [-0.1, -0.05) is 31.5 Å². The standard InChI is InChI=1S/C14H20FNO2/c1-3-4-9-18-14(17)10-16-11(2)12-7-5-6-8-13(12)15/h5-8,11,16H,3-4,9-10H2,1-2H3/t11-/m1/s1. The fraction of sp³-hybridized carbons (Fsp3) is 0.500. The van der Waals surface area contributed by atoms with Crippen LogP contribution in [-0.2, 0) is 9.53 Å². The molecule has 0 fully saturated rings. The van der Waals surface area contributed by atoms with E-state index in [0.29, 0.717) is 12.2 Å². The molecule has 3 nitrogen and oxygen atoms in total. The Hall–Kier alpha value is -1.42. The van der Waals surface area contributed by atoms with Crippen molar-refractivity contribution < 1.29 is 13.9 Å². The molecule has 1 rings (SSSR count). The van der Waals surface area contributed by atoms with E-state index < -0.39 is 0 Å². The highest BCUT2D eigenvalue weighted by Gasteiger charge is 2.11. The number of hydrogen-bond acceptors (Lipinski definition) is 3. The van der Waals surface area contributed by atoms with Crippen molar-refractivity contribution in [2.75, 3.05) is 13.2 Å². The number of carbonyl (C=O) groups excluding carboxylic acids is 1. The summed E-state index contributed by atoms with van der Waals surface area (Å²) < 4.78 is 18.5. The van der Waals surface area contributed by atoms with Crippen LogP contribution in [0.3, 0.4) is 0 Å². The molecule has 1 aromatic carbocycles. The number of rotatable bonds is 7. The number of unbranched alkanes of at least 4 members (excludes halogenated alkanes) is 1. The second-order valence-corrected chi connectivity index (χ2v) is 4.20. The first-order chi connectivity index (χ1) is 8.65. The number of esters is 1. The third-order valence-electron chi connectivity index (χ3n) is 2.69. The normalized spacial score (nSPS) is 12.2. The Kier molecular flexibility index (Phi) is 6.36. The van der Waals surface area contributed by atoms with Crippen LogP contribution < -0.4 is 5.32 Å². The van der Waals surface area contributed by atoms with E-state index in [9.17, 15) is 9.18 Å². The topological polar surface area (TPSA) is 38.3 Å². The van der Waals surface area contributed by atoms with Crippen molar-refractivity contribution in [3.63, 3.8) is 0 Å². The molecule has 0 unspecified atom stereocenters. The zero-order valence-corrected chi connectivity index (χ0v) is 10.9. The number of carbonyl (C=O) groups is 1. The van der Waals surface area contributed by atoms with E-state index in [1.54, 1.807) is 18.2 Å². The zero-order valence-electron chi connectivity index (χ0n) is 10.9. The van der Waals surface area contributed by atoms with Crippen molar-refractivity contribution in [1.82, 2.24) is 5.32 Å². The molecule has 0 spiro atoms. The molecule has 1 aromatic rings. The molecule has 0 amide bonds. The summed E-state index contributed by atoms with van der Waals surface area (Å²) >= 11 is 0. The molecule has 0 saturated heterocycles. The average Bonchev–Trinajstić information content (AvgIpc) is 2.37. The van der Waals surface area contributed by atoms with E-state index in [4.69, 9.17) is 4.74 Å². The van der Waals surface area contributed by atoms with Crippen molar-refractivity contribution in [3.8, 4) is 0 Å². The molecule has 0 saturated carbocycles. The Morgan fingerprint density at radius 2 is 2.17 bits per heavy atom. The van der Waals surface area contributed by atoms with Crippen LogP contribution in [0.4, 0.5) is 4.39 Å². The van der Waals surface area contributed by atoms with Crippen molar-refractivity contribution in [3.05, 3.63) is 35.6 Å². The predicted octanol–water partition coefficient (Wildman–Crippen LogP) is 2.82. The summed E-state index contributed by atoms with van der Waals surface area (Å²) in [6, 6.07) is 6.31. The summed E-state index contributed by atoms with van der Waals surface area (Å²) in [5.74, 6) is -0.566. The SMILES string of the molecule is CCCCOC(=O)CN[C@H](C)c1ccccc1F. The van der Waals surface area contributed by atoms with Crippen LogP contribution in [-0.4, -0.2) is 19.1 Å². The Bertz CT molecular complexity index is 382. The van der Waals surface area contributed by atoms with Gasteiger partial charge in [0, 0.05) is 11.6 Å². The van der Waals surface area contributed by atoms with Gasteiger partial charge in [-0.15, -0.1) is 0 Å². The molecular formula is C14H20FNO2. The Morgan fingerprint density at radius 1 is 1.44 bits per heavy atom. The molecule has 0 bridgehead atoms. The van der Waals surface area contributed by atoms with Crippen LogP contribution in [0.15, 0.2) is 24.3 Å². The predicted molar refractivity (Wildman–Crippen MR) is 68.7 cm³/mol. The lowest BCUT2D eigenvalue weighted by atomic mass is 10.1. The first-order valence-corrected chi connectivity index (χ1v) is 6.28. The highest BCUT2D eigenvalue weighted by atomic mass is 19.1. The lowest BCUT2D eigenvalue weighted by Gasteiger charge is -2.14. The summed E-state index contributed by atoms with van der Waals surface area (Å²) in [7, 11) is 0. The van der Waals surface area contributed by atoms with E-state index in [1.165, 1.54) is 6.07 Å². The first-order valence-electron chi connectivity index (χ1n) is 6.28. The summed E-state index contributed by atoms with van der Waals surface area (Å²) in [6.07, 6.45) is 1.86. The Morgan fingerprint density at radius 3 is 2.83 bits per heavy atom. The smallest absolute Gasteiger partial charge is 0.319 e. The number of nitrogens with one attached hydrogen (secondary N) is 1. The second-order valence-electron chi connectivity index (χ2n) is 4.20. The maximum absolute atomic E-state index is 13.5. The van der Waals surface area contributed by atoms with Gasteiger partial charge in [0.05, 0.1) is 13.2 Å². The van der Waals surface area contributed by atoms with Crippen LogP contribution in [0.5, 0.6) is 0 Å². The van der Waals surface area contributed by atoms with Crippen LogP contribution in [0.1, 0.15) is 38.3 Å². The quantitative estimate of drug-likeness (QED) is 0.600.